The minimum atomic E-state index is -1.01. The lowest BCUT2D eigenvalue weighted by molar-refractivity contribution is -0.138. The van der Waals surface area contributed by atoms with E-state index in [4.69, 9.17) is 10.8 Å². The number of aromatic nitrogens is 4. The third kappa shape index (κ3) is 2.64. The number of nitrogens with zero attached hydrogens (tertiary/aromatic N) is 4. The van der Waals surface area contributed by atoms with Gasteiger partial charge in [-0.2, -0.15) is 0 Å². The van der Waals surface area contributed by atoms with E-state index < -0.39 is 12.0 Å². The Bertz CT molecular complexity index is 494. The van der Waals surface area contributed by atoms with Crippen LogP contribution in [0.15, 0.2) is 30.6 Å². The molecular formula is C10H11N5O2. The lowest BCUT2D eigenvalue weighted by atomic mass is 10.1. The summed E-state index contributed by atoms with van der Waals surface area (Å²) in [6.07, 6.45) is 1.63. The average Bonchev–Trinajstić information content (AvgIpc) is 2.83. The standard InChI is InChI=1S/C10H11N5O2/c11-9(10(16)17)5-7-1-3-8(4-2-7)15-13-6-12-14-15/h1-4,6,9H,5,11H2,(H,16,17). The van der Waals surface area contributed by atoms with Crippen molar-refractivity contribution in [2.45, 2.75) is 12.5 Å². The Hall–Kier alpha value is -2.28. The number of tetrazole rings is 1. The van der Waals surface area contributed by atoms with Crippen LogP contribution in [-0.4, -0.2) is 37.3 Å². The molecular weight excluding hydrogens is 222 g/mol. The number of carbonyl (C=O) groups is 1. The van der Waals surface area contributed by atoms with Gasteiger partial charge in [-0.1, -0.05) is 12.1 Å². The first-order valence-corrected chi connectivity index (χ1v) is 4.97. The molecule has 0 saturated heterocycles. The molecule has 0 saturated carbocycles. The van der Waals surface area contributed by atoms with E-state index in [9.17, 15) is 4.79 Å². The molecule has 1 aromatic heterocycles. The van der Waals surface area contributed by atoms with Gasteiger partial charge in [0, 0.05) is 0 Å². The predicted octanol–water partition coefficient (Wildman–Crippen LogP) is -0.383. The maximum atomic E-state index is 10.6. The van der Waals surface area contributed by atoms with Gasteiger partial charge in [-0.15, -0.1) is 15.0 Å². The molecule has 0 aliphatic heterocycles. The highest BCUT2D eigenvalue weighted by Gasteiger charge is 2.11. The third-order valence-electron chi connectivity index (χ3n) is 2.29. The topological polar surface area (TPSA) is 107 Å². The zero-order valence-electron chi connectivity index (χ0n) is 8.89. The van der Waals surface area contributed by atoms with Crippen LogP contribution in [0.4, 0.5) is 0 Å². The smallest absolute Gasteiger partial charge is 0.320 e. The van der Waals surface area contributed by atoms with E-state index in [1.54, 1.807) is 24.3 Å². The summed E-state index contributed by atoms with van der Waals surface area (Å²) in [6, 6.07) is 6.27. The Morgan fingerprint density at radius 1 is 1.41 bits per heavy atom. The van der Waals surface area contributed by atoms with Crippen LogP contribution in [0.1, 0.15) is 5.56 Å². The molecule has 1 aromatic carbocycles. The molecule has 88 valence electrons. The van der Waals surface area contributed by atoms with Crippen LogP contribution in [-0.2, 0) is 11.2 Å². The van der Waals surface area contributed by atoms with Gasteiger partial charge in [-0.3, -0.25) is 4.79 Å². The Morgan fingerprint density at radius 3 is 2.65 bits per heavy atom. The summed E-state index contributed by atoms with van der Waals surface area (Å²) < 4.78 is 0. The Morgan fingerprint density at radius 2 is 2.12 bits per heavy atom. The monoisotopic (exact) mass is 233 g/mol. The number of aliphatic carboxylic acids is 1. The summed E-state index contributed by atoms with van der Waals surface area (Å²) in [6.45, 7) is 0. The van der Waals surface area contributed by atoms with Gasteiger partial charge in [0.05, 0.1) is 5.69 Å². The minimum Gasteiger partial charge on any atom is -0.480 e. The number of rotatable bonds is 4. The van der Waals surface area contributed by atoms with Crippen LogP contribution in [0.2, 0.25) is 0 Å². The van der Waals surface area contributed by atoms with E-state index >= 15 is 0 Å². The number of hydrogen-bond donors (Lipinski definition) is 2. The molecule has 0 aliphatic rings. The maximum absolute atomic E-state index is 10.6. The molecule has 7 nitrogen and oxygen atoms in total. The highest BCUT2D eigenvalue weighted by atomic mass is 16.4. The van der Waals surface area contributed by atoms with Crippen LogP contribution in [0.3, 0.4) is 0 Å². The molecule has 0 spiro atoms. The summed E-state index contributed by atoms with van der Waals surface area (Å²) >= 11 is 0. The quantitative estimate of drug-likeness (QED) is 0.745. The van der Waals surface area contributed by atoms with Crippen LogP contribution in [0.5, 0.6) is 0 Å². The fourth-order valence-electron chi connectivity index (χ4n) is 1.39. The van der Waals surface area contributed by atoms with Gasteiger partial charge >= 0.3 is 5.97 Å². The van der Waals surface area contributed by atoms with Crippen molar-refractivity contribution in [3.63, 3.8) is 0 Å². The molecule has 1 heterocycles. The molecule has 7 heteroatoms. The van der Waals surface area contributed by atoms with Crippen LogP contribution >= 0.6 is 0 Å². The highest BCUT2D eigenvalue weighted by Crippen LogP contribution is 2.08. The average molecular weight is 233 g/mol. The number of carboxylic acid groups (broad SMARTS) is 1. The van der Waals surface area contributed by atoms with Crippen LogP contribution < -0.4 is 5.73 Å². The normalized spacial score (nSPS) is 12.3. The van der Waals surface area contributed by atoms with Gasteiger partial charge in [0.25, 0.3) is 0 Å². The second-order valence-corrected chi connectivity index (χ2v) is 3.54. The summed E-state index contributed by atoms with van der Waals surface area (Å²) in [7, 11) is 0. The lowest BCUT2D eigenvalue weighted by Gasteiger charge is -2.06. The first-order chi connectivity index (χ1) is 8.16. The van der Waals surface area contributed by atoms with Crippen molar-refractivity contribution in [3.05, 3.63) is 36.2 Å². The molecule has 0 aliphatic carbocycles. The molecule has 2 rings (SSSR count). The van der Waals surface area contributed by atoms with Gasteiger partial charge in [0.2, 0.25) is 0 Å². The molecule has 0 fully saturated rings. The van der Waals surface area contributed by atoms with Gasteiger partial charge in [0.1, 0.15) is 6.04 Å². The fraction of sp³-hybridized carbons (Fsp3) is 0.200. The number of hydrogen-bond acceptors (Lipinski definition) is 5. The largest absolute Gasteiger partial charge is 0.480 e. The van der Waals surface area contributed by atoms with E-state index in [0.717, 1.165) is 11.3 Å². The minimum absolute atomic E-state index is 0.292. The van der Waals surface area contributed by atoms with Crippen molar-refractivity contribution < 1.29 is 9.90 Å². The molecule has 0 bridgehead atoms. The molecule has 0 amide bonds. The maximum Gasteiger partial charge on any atom is 0.320 e. The van der Waals surface area contributed by atoms with E-state index in [1.807, 2.05) is 0 Å². The van der Waals surface area contributed by atoms with Crippen LogP contribution in [0.25, 0.3) is 5.69 Å². The van der Waals surface area contributed by atoms with E-state index in [0.29, 0.717) is 6.42 Å². The van der Waals surface area contributed by atoms with E-state index in [-0.39, 0.29) is 0 Å². The SMILES string of the molecule is NC(Cc1ccc(-n2ncnn2)cc1)C(=O)O. The number of nitrogens with two attached hydrogens (primary N) is 1. The summed E-state index contributed by atoms with van der Waals surface area (Å²) in [5.41, 5.74) is 7.05. The molecule has 1 unspecified atom stereocenters. The predicted molar refractivity (Wildman–Crippen MR) is 58.5 cm³/mol. The highest BCUT2D eigenvalue weighted by molar-refractivity contribution is 5.73. The second-order valence-electron chi connectivity index (χ2n) is 3.54. The van der Waals surface area contributed by atoms with E-state index in [1.165, 1.54) is 11.1 Å². The van der Waals surface area contributed by atoms with Crippen molar-refractivity contribution >= 4 is 5.97 Å². The van der Waals surface area contributed by atoms with Crippen LogP contribution in [0, 0.1) is 0 Å². The Kier molecular flexibility index (Phi) is 3.10. The summed E-state index contributed by atoms with van der Waals surface area (Å²) in [4.78, 5) is 12.0. The lowest BCUT2D eigenvalue weighted by Crippen LogP contribution is -2.32. The zero-order valence-corrected chi connectivity index (χ0v) is 8.89. The van der Waals surface area contributed by atoms with Crippen molar-refractivity contribution in [3.8, 4) is 5.69 Å². The van der Waals surface area contributed by atoms with Gasteiger partial charge in [-0.25, -0.2) is 0 Å². The van der Waals surface area contributed by atoms with Crippen molar-refractivity contribution in [2.24, 2.45) is 5.73 Å². The molecule has 1 atom stereocenters. The van der Waals surface area contributed by atoms with Gasteiger partial charge < -0.3 is 10.8 Å². The fourth-order valence-corrected chi connectivity index (χ4v) is 1.39. The molecule has 3 N–H and O–H groups in total. The Balaban J connectivity index is 2.11. The molecule has 17 heavy (non-hydrogen) atoms. The van der Waals surface area contributed by atoms with Gasteiger partial charge in [0.15, 0.2) is 6.33 Å². The Labute approximate surface area is 96.9 Å². The molecule has 2 aromatic rings. The number of benzene rings is 1. The van der Waals surface area contributed by atoms with Crippen molar-refractivity contribution in [1.29, 1.82) is 0 Å². The second kappa shape index (κ2) is 4.71. The zero-order chi connectivity index (χ0) is 12.3. The third-order valence-corrected chi connectivity index (χ3v) is 2.29. The number of carboxylic acids is 1. The summed E-state index contributed by atoms with van der Waals surface area (Å²) in [5.74, 6) is -1.01. The first-order valence-electron chi connectivity index (χ1n) is 4.97. The molecule has 0 radical (unpaired) electrons. The van der Waals surface area contributed by atoms with E-state index in [2.05, 4.69) is 15.4 Å². The van der Waals surface area contributed by atoms with Crippen molar-refractivity contribution in [1.82, 2.24) is 20.2 Å². The van der Waals surface area contributed by atoms with Gasteiger partial charge in [-0.05, 0) is 29.3 Å². The van der Waals surface area contributed by atoms with Crippen molar-refractivity contribution in [2.75, 3.05) is 0 Å². The first kappa shape index (κ1) is 11.2. The summed E-state index contributed by atoms with van der Waals surface area (Å²) in [5, 5.41) is 19.9.